The van der Waals surface area contributed by atoms with Gasteiger partial charge in [-0.2, -0.15) is 0 Å². The van der Waals surface area contributed by atoms with Crippen LogP contribution in [0.2, 0.25) is 0 Å². The van der Waals surface area contributed by atoms with Gasteiger partial charge in [0.1, 0.15) is 11.9 Å². The summed E-state index contributed by atoms with van der Waals surface area (Å²) in [7, 11) is 0. The van der Waals surface area contributed by atoms with Gasteiger partial charge in [0, 0.05) is 30.0 Å². The summed E-state index contributed by atoms with van der Waals surface area (Å²) in [5.41, 5.74) is 2.98. The molecule has 2 aromatic carbocycles. The number of fused-ring (bicyclic) bond motifs is 1. The number of hydrogen-bond donors (Lipinski definition) is 1. The van der Waals surface area contributed by atoms with Crippen molar-refractivity contribution in [3.05, 3.63) is 58.1 Å². The molecule has 3 amide bonds. The van der Waals surface area contributed by atoms with Gasteiger partial charge < -0.3 is 15.0 Å². The van der Waals surface area contributed by atoms with Crippen LogP contribution in [0.3, 0.4) is 0 Å². The molecule has 1 saturated heterocycles. The average Bonchev–Trinajstić information content (AvgIpc) is 2.77. The maximum Gasteiger partial charge on any atom is 0.324 e. The van der Waals surface area contributed by atoms with E-state index >= 15 is 0 Å². The van der Waals surface area contributed by atoms with Crippen molar-refractivity contribution in [1.29, 1.82) is 0 Å². The molecule has 1 fully saturated rings. The van der Waals surface area contributed by atoms with E-state index in [1.807, 2.05) is 66.1 Å². The first-order valence-corrected chi connectivity index (χ1v) is 11.6. The topological polar surface area (TPSA) is 61.9 Å². The summed E-state index contributed by atoms with van der Waals surface area (Å²) in [4.78, 5) is 29.6. The number of nitrogens with zero attached hydrogens (tertiary/aromatic N) is 2. The molecule has 0 aromatic heterocycles. The van der Waals surface area contributed by atoms with Crippen molar-refractivity contribution in [2.75, 3.05) is 24.5 Å². The molecule has 7 heteroatoms. The highest BCUT2D eigenvalue weighted by atomic mass is 79.9. The average molecular weight is 486 g/mol. The molecule has 2 aliphatic rings. The Morgan fingerprint density at radius 2 is 1.94 bits per heavy atom. The molecular formula is C24H28BrN3O3. The largest absolute Gasteiger partial charge is 0.487 e. The van der Waals surface area contributed by atoms with E-state index in [4.69, 9.17) is 4.74 Å². The van der Waals surface area contributed by atoms with E-state index in [2.05, 4.69) is 21.2 Å². The number of benzene rings is 2. The fraction of sp³-hybridized carbons (Fsp3) is 0.417. The van der Waals surface area contributed by atoms with Crippen molar-refractivity contribution < 1.29 is 14.3 Å². The molecule has 0 saturated carbocycles. The molecule has 2 heterocycles. The number of nitrogens with one attached hydrogen (secondary N) is 1. The third kappa shape index (κ3) is 5.03. The number of aryl methyl sites for hydroxylation is 1. The Morgan fingerprint density at radius 3 is 2.68 bits per heavy atom. The monoisotopic (exact) mass is 485 g/mol. The quantitative estimate of drug-likeness (QED) is 0.696. The van der Waals surface area contributed by atoms with Gasteiger partial charge in [0.25, 0.3) is 0 Å². The lowest BCUT2D eigenvalue weighted by atomic mass is 9.96. The molecule has 0 unspecified atom stereocenters. The smallest absolute Gasteiger partial charge is 0.324 e. The number of amides is 3. The fourth-order valence-corrected chi connectivity index (χ4v) is 4.66. The summed E-state index contributed by atoms with van der Waals surface area (Å²) in [6, 6.07) is 13.9. The summed E-state index contributed by atoms with van der Waals surface area (Å²) in [5, 5.41) is 3.04. The van der Waals surface area contributed by atoms with Gasteiger partial charge in [0.05, 0.1) is 12.2 Å². The highest BCUT2D eigenvalue weighted by molar-refractivity contribution is 9.10. The van der Waals surface area contributed by atoms with Crippen molar-refractivity contribution in [1.82, 2.24) is 10.2 Å². The Morgan fingerprint density at radius 1 is 1.16 bits per heavy atom. The standard InChI is InChI=1S/C24H28BrN3O3/c1-16-6-7-22-21(12-16)28(15-17(2)31-22)24(30)27-10-8-19(9-11-27)23(29)26-14-18-4-3-5-20(25)13-18/h3-7,12-13,17,19H,8-11,14-15H2,1-2H3,(H,26,29)/t17-/m0/s1. The number of hydrogen-bond acceptors (Lipinski definition) is 3. The second-order valence-corrected chi connectivity index (χ2v) is 9.32. The van der Waals surface area contributed by atoms with Gasteiger partial charge in [0.15, 0.2) is 0 Å². The van der Waals surface area contributed by atoms with Gasteiger partial charge in [0.2, 0.25) is 5.91 Å². The molecule has 164 valence electrons. The first kappa shape index (κ1) is 21.7. The molecule has 1 N–H and O–H groups in total. The van der Waals surface area contributed by atoms with Gasteiger partial charge in [-0.25, -0.2) is 4.79 Å². The predicted molar refractivity (Wildman–Crippen MR) is 124 cm³/mol. The number of halogens is 1. The van der Waals surface area contributed by atoms with Gasteiger partial charge in [-0.05, 0) is 62.1 Å². The van der Waals surface area contributed by atoms with Crippen LogP contribution in [0.5, 0.6) is 5.75 Å². The van der Waals surface area contributed by atoms with Gasteiger partial charge in [-0.15, -0.1) is 0 Å². The number of rotatable bonds is 3. The summed E-state index contributed by atoms with van der Waals surface area (Å²) >= 11 is 3.45. The SMILES string of the molecule is Cc1ccc2c(c1)N(C(=O)N1CCC(C(=O)NCc3cccc(Br)c3)CC1)C[C@H](C)O2. The van der Waals surface area contributed by atoms with Crippen LogP contribution in [0.4, 0.5) is 10.5 Å². The number of urea groups is 1. The Labute approximate surface area is 191 Å². The van der Waals surface area contributed by atoms with E-state index in [1.165, 1.54) is 0 Å². The van der Waals surface area contributed by atoms with Crippen LogP contribution >= 0.6 is 15.9 Å². The minimum atomic E-state index is -0.0608. The van der Waals surface area contributed by atoms with E-state index in [1.54, 1.807) is 0 Å². The zero-order chi connectivity index (χ0) is 22.0. The van der Waals surface area contributed by atoms with Crippen LogP contribution < -0.4 is 15.0 Å². The normalized spacial score (nSPS) is 18.9. The lowest BCUT2D eigenvalue weighted by molar-refractivity contribution is -0.126. The van der Waals surface area contributed by atoms with Crippen molar-refractivity contribution in [3.63, 3.8) is 0 Å². The molecule has 0 aliphatic carbocycles. The fourth-order valence-electron chi connectivity index (χ4n) is 4.21. The molecule has 2 aromatic rings. The molecule has 0 spiro atoms. The molecule has 0 radical (unpaired) electrons. The third-order valence-electron chi connectivity index (χ3n) is 5.90. The molecular weight excluding hydrogens is 458 g/mol. The van der Waals surface area contributed by atoms with Crippen molar-refractivity contribution in [2.45, 2.75) is 39.3 Å². The number of likely N-dealkylation sites (tertiary alicyclic amines) is 1. The van der Waals surface area contributed by atoms with E-state index in [-0.39, 0.29) is 24.0 Å². The predicted octanol–water partition coefficient (Wildman–Crippen LogP) is 4.49. The Kier molecular flexibility index (Phi) is 6.51. The van der Waals surface area contributed by atoms with Crippen LogP contribution in [0.15, 0.2) is 46.9 Å². The van der Waals surface area contributed by atoms with Gasteiger partial charge in [-0.1, -0.05) is 34.1 Å². The van der Waals surface area contributed by atoms with Crippen molar-refractivity contribution >= 4 is 33.6 Å². The Bertz CT molecular complexity index is 972. The number of carbonyl (C=O) groups is 2. The molecule has 6 nitrogen and oxygen atoms in total. The molecule has 0 bridgehead atoms. The Balaban J connectivity index is 1.34. The van der Waals surface area contributed by atoms with Crippen molar-refractivity contribution in [3.8, 4) is 5.75 Å². The van der Waals surface area contributed by atoms with Crippen LogP contribution in [0.1, 0.15) is 30.9 Å². The first-order valence-electron chi connectivity index (χ1n) is 10.8. The lowest BCUT2D eigenvalue weighted by Gasteiger charge is -2.39. The minimum absolute atomic E-state index is 0.00464. The number of ether oxygens (including phenoxy) is 1. The highest BCUT2D eigenvalue weighted by Crippen LogP contribution is 2.35. The van der Waals surface area contributed by atoms with Gasteiger partial charge >= 0.3 is 6.03 Å². The number of carbonyl (C=O) groups excluding carboxylic acids is 2. The maximum atomic E-state index is 13.3. The van der Waals surface area contributed by atoms with Gasteiger partial charge in [-0.3, -0.25) is 9.69 Å². The van der Waals surface area contributed by atoms with Crippen LogP contribution in [-0.2, 0) is 11.3 Å². The molecule has 1 atom stereocenters. The molecule has 4 rings (SSSR count). The lowest BCUT2D eigenvalue weighted by Crippen LogP contribution is -2.52. The first-order chi connectivity index (χ1) is 14.9. The maximum absolute atomic E-state index is 13.3. The Hall–Kier alpha value is -2.54. The van der Waals surface area contributed by atoms with Crippen LogP contribution in [0.25, 0.3) is 0 Å². The number of piperidine rings is 1. The summed E-state index contributed by atoms with van der Waals surface area (Å²) in [6.07, 6.45) is 1.30. The van der Waals surface area contributed by atoms with Crippen molar-refractivity contribution in [2.24, 2.45) is 5.92 Å². The number of anilines is 1. The second kappa shape index (κ2) is 9.30. The zero-order valence-electron chi connectivity index (χ0n) is 17.9. The van der Waals surface area contributed by atoms with E-state index in [0.717, 1.165) is 27.0 Å². The van der Waals surface area contributed by atoms with E-state index < -0.39 is 0 Å². The minimum Gasteiger partial charge on any atom is -0.487 e. The molecule has 31 heavy (non-hydrogen) atoms. The zero-order valence-corrected chi connectivity index (χ0v) is 19.5. The second-order valence-electron chi connectivity index (χ2n) is 8.40. The van der Waals surface area contributed by atoms with E-state index in [0.29, 0.717) is 39.0 Å². The summed E-state index contributed by atoms with van der Waals surface area (Å²) in [5.74, 6) is 0.752. The third-order valence-corrected chi connectivity index (χ3v) is 6.39. The summed E-state index contributed by atoms with van der Waals surface area (Å²) in [6.45, 7) is 6.20. The van der Waals surface area contributed by atoms with Crippen LogP contribution in [-0.4, -0.2) is 42.6 Å². The van der Waals surface area contributed by atoms with E-state index in [9.17, 15) is 9.59 Å². The highest BCUT2D eigenvalue weighted by Gasteiger charge is 2.33. The summed E-state index contributed by atoms with van der Waals surface area (Å²) < 4.78 is 6.91. The van der Waals surface area contributed by atoms with Crippen LogP contribution in [0, 0.1) is 12.8 Å². The molecule has 2 aliphatic heterocycles.